The van der Waals surface area contributed by atoms with Crippen LogP contribution in [0.3, 0.4) is 0 Å². The topological polar surface area (TPSA) is 38.7 Å². The van der Waals surface area contributed by atoms with Crippen molar-refractivity contribution in [2.75, 3.05) is 45.8 Å². The molecule has 0 radical (unpaired) electrons. The highest BCUT2D eigenvalue weighted by molar-refractivity contribution is 4.90. The summed E-state index contributed by atoms with van der Waals surface area (Å²) in [6, 6.07) is 0.746. The second-order valence-electron chi connectivity index (χ2n) is 4.72. The molecule has 1 atom stereocenters. The zero-order valence-corrected chi connectivity index (χ0v) is 9.65. The molecule has 88 valence electrons. The highest BCUT2D eigenvalue weighted by atomic mass is 16.3. The maximum Gasteiger partial charge on any atom is 0.0664 e. The number of rotatable bonds is 4. The first kappa shape index (κ1) is 11.3. The molecule has 2 heterocycles. The molecule has 0 amide bonds. The van der Waals surface area contributed by atoms with Gasteiger partial charge in [0.2, 0.25) is 0 Å². The SMILES string of the molecule is CCC(O)CN1CC(N2CCNCC2)C1. The maximum atomic E-state index is 9.52. The number of nitrogens with zero attached hydrogens (tertiary/aromatic N) is 2. The average Bonchev–Trinajstić information content (AvgIpc) is 2.23. The molecule has 4 nitrogen and oxygen atoms in total. The van der Waals surface area contributed by atoms with Crippen LogP contribution in [0.15, 0.2) is 0 Å². The van der Waals surface area contributed by atoms with Crippen molar-refractivity contribution in [3.63, 3.8) is 0 Å². The predicted molar refractivity (Wildman–Crippen MR) is 61.0 cm³/mol. The van der Waals surface area contributed by atoms with Crippen molar-refractivity contribution < 1.29 is 5.11 Å². The van der Waals surface area contributed by atoms with E-state index in [1.807, 2.05) is 6.92 Å². The maximum absolute atomic E-state index is 9.52. The predicted octanol–water partition coefficient (Wildman–Crippen LogP) is -0.653. The van der Waals surface area contributed by atoms with Gasteiger partial charge >= 0.3 is 0 Å². The standard InChI is InChI=1S/C11H23N3O/c1-2-11(15)9-13-7-10(8-13)14-5-3-12-4-6-14/h10-12,15H,2-9H2,1H3. The molecular formula is C11H23N3O. The molecule has 1 unspecified atom stereocenters. The van der Waals surface area contributed by atoms with Gasteiger partial charge in [-0.1, -0.05) is 6.92 Å². The van der Waals surface area contributed by atoms with Gasteiger partial charge in [-0.15, -0.1) is 0 Å². The Morgan fingerprint density at radius 1 is 1.33 bits per heavy atom. The number of aliphatic hydroxyl groups is 1. The summed E-state index contributed by atoms with van der Waals surface area (Å²) in [5, 5.41) is 12.9. The van der Waals surface area contributed by atoms with E-state index in [0.29, 0.717) is 0 Å². The third-order valence-corrected chi connectivity index (χ3v) is 3.55. The van der Waals surface area contributed by atoms with E-state index < -0.39 is 0 Å². The van der Waals surface area contributed by atoms with Crippen LogP contribution < -0.4 is 5.32 Å². The highest BCUT2D eigenvalue weighted by Crippen LogP contribution is 2.15. The summed E-state index contributed by atoms with van der Waals surface area (Å²) in [7, 11) is 0. The number of nitrogens with one attached hydrogen (secondary N) is 1. The molecule has 4 heteroatoms. The Bertz CT molecular complexity index is 188. The second kappa shape index (κ2) is 5.25. The van der Waals surface area contributed by atoms with Gasteiger partial charge in [-0.05, 0) is 6.42 Å². The average molecular weight is 213 g/mol. The van der Waals surface area contributed by atoms with E-state index in [4.69, 9.17) is 0 Å². The van der Waals surface area contributed by atoms with Gasteiger partial charge in [-0.3, -0.25) is 9.80 Å². The van der Waals surface area contributed by atoms with Crippen molar-refractivity contribution in [1.29, 1.82) is 0 Å². The lowest BCUT2D eigenvalue weighted by molar-refractivity contribution is -0.00109. The Morgan fingerprint density at radius 2 is 2.00 bits per heavy atom. The number of aliphatic hydroxyl groups excluding tert-OH is 1. The molecule has 0 bridgehead atoms. The number of β-amino-alcohol motifs (C(OH)–C–C–N with tert-alkyl or cyclic N) is 1. The lowest BCUT2D eigenvalue weighted by Crippen LogP contribution is -2.63. The molecule has 0 aliphatic carbocycles. The van der Waals surface area contributed by atoms with Gasteiger partial charge in [0.15, 0.2) is 0 Å². The van der Waals surface area contributed by atoms with Crippen LogP contribution in [0.5, 0.6) is 0 Å². The first-order chi connectivity index (χ1) is 7.29. The first-order valence-corrected chi connectivity index (χ1v) is 6.14. The third-order valence-electron chi connectivity index (χ3n) is 3.55. The van der Waals surface area contributed by atoms with Crippen LogP contribution in [0.25, 0.3) is 0 Å². The van der Waals surface area contributed by atoms with E-state index in [-0.39, 0.29) is 6.10 Å². The lowest BCUT2D eigenvalue weighted by Gasteiger charge is -2.47. The summed E-state index contributed by atoms with van der Waals surface area (Å²) in [4.78, 5) is 4.94. The highest BCUT2D eigenvalue weighted by Gasteiger charge is 2.32. The first-order valence-electron chi connectivity index (χ1n) is 6.14. The molecule has 15 heavy (non-hydrogen) atoms. The van der Waals surface area contributed by atoms with Gasteiger partial charge in [0.25, 0.3) is 0 Å². The monoisotopic (exact) mass is 213 g/mol. The van der Waals surface area contributed by atoms with Gasteiger partial charge in [0, 0.05) is 51.9 Å². The van der Waals surface area contributed by atoms with Crippen LogP contribution in [0, 0.1) is 0 Å². The normalized spacial score (nSPS) is 27.6. The Balaban J connectivity index is 1.64. The van der Waals surface area contributed by atoms with Crippen LogP contribution in [0.4, 0.5) is 0 Å². The third kappa shape index (κ3) is 2.91. The zero-order chi connectivity index (χ0) is 10.7. The van der Waals surface area contributed by atoms with Crippen LogP contribution in [-0.2, 0) is 0 Å². The van der Waals surface area contributed by atoms with E-state index in [1.165, 1.54) is 13.1 Å². The summed E-state index contributed by atoms with van der Waals surface area (Å²) < 4.78 is 0. The van der Waals surface area contributed by atoms with Crippen molar-refractivity contribution in [2.24, 2.45) is 0 Å². The fraction of sp³-hybridized carbons (Fsp3) is 1.00. The second-order valence-corrected chi connectivity index (χ2v) is 4.72. The fourth-order valence-electron chi connectivity index (χ4n) is 2.40. The van der Waals surface area contributed by atoms with Crippen LogP contribution >= 0.6 is 0 Å². The van der Waals surface area contributed by atoms with E-state index in [9.17, 15) is 5.11 Å². The minimum absolute atomic E-state index is 0.131. The molecule has 0 spiro atoms. The largest absolute Gasteiger partial charge is 0.392 e. The van der Waals surface area contributed by atoms with Gasteiger partial charge < -0.3 is 10.4 Å². The molecule has 2 aliphatic heterocycles. The molecule has 0 aromatic carbocycles. The van der Waals surface area contributed by atoms with Crippen molar-refractivity contribution in [3.05, 3.63) is 0 Å². The van der Waals surface area contributed by atoms with E-state index >= 15 is 0 Å². The van der Waals surface area contributed by atoms with Crippen molar-refractivity contribution in [1.82, 2.24) is 15.1 Å². The fourth-order valence-corrected chi connectivity index (χ4v) is 2.40. The van der Waals surface area contributed by atoms with Gasteiger partial charge in [-0.2, -0.15) is 0 Å². The van der Waals surface area contributed by atoms with E-state index in [1.54, 1.807) is 0 Å². The minimum Gasteiger partial charge on any atom is -0.392 e. The Labute approximate surface area is 92.2 Å². The number of hydrogen-bond acceptors (Lipinski definition) is 4. The molecule has 2 saturated heterocycles. The molecule has 2 aliphatic rings. The van der Waals surface area contributed by atoms with Gasteiger partial charge in [-0.25, -0.2) is 0 Å². The zero-order valence-electron chi connectivity index (χ0n) is 9.65. The number of likely N-dealkylation sites (tertiary alicyclic amines) is 1. The minimum atomic E-state index is -0.131. The quantitative estimate of drug-likeness (QED) is 0.651. The molecule has 2 fully saturated rings. The molecule has 2 N–H and O–H groups in total. The van der Waals surface area contributed by atoms with E-state index in [0.717, 1.165) is 45.2 Å². The van der Waals surface area contributed by atoms with Gasteiger partial charge in [0.1, 0.15) is 0 Å². The smallest absolute Gasteiger partial charge is 0.0664 e. The van der Waals surface area contributed by atoms with Crippen LogP contribution in [0.1, 0.15) is 13.3 Å². The Morgan fingerprint density at radius 3 is 2.60 bits per heavy atom. The lowest BCUT2D eigenvalue weighted by atomic mass is 10.1. The molecular weight excluding hydrogens is 190 g/mol. The number of piperazine rings is 1. The molecule has 0 saturated carbocycles. The summed E-state index contributed by atoms with van der Waals surface area (Å²) in [6.07, 6.45) is 0.739. The summed E-state index contributed by atoms with van der Waals surface area (Å²) in [5.74, 6) is 0. The summed E-state index contributed by atoms with van der Waals surface area (Å²) in [6.45, 7) is 9.84. The molecule has 2 rings (SSSR count). The van der Waals surface area contributed by atoms with E-state index in [2.05, 4.69) is 15.1 Å². The van der Waals surface area contributed by atoms with Crippen LogP contribution in [-0.4, -0.2) is 72.9 Å². The van der Waals surface area contributed by atoms with Crippen LogP contribution in [0.2, 0.25) is 0 Å². The summed E-state index contributed by atoms with van der Waals surface area (Å²) >= 11 is 0. The Kier molecular flexibility index (Phi) is 3.97. The Hall–Kier alpha value is -0.160. The van der Waals surface area contributed by atoms with Gasteiger partial charge in [0.05, 0.1) is 6.10 Å². The van der Waals surface area contributed by atoms with Crippen molar-refractivity contribution in [2.45, 2.75) is 25.5 Å². The summed E-state index contributed by atoms with van der Waals surface area (Å²) in [5.41, 5.74) is 0. The molecule has 0 aromatic heterocycles. The number of hydrogen-bond donors (Lipinski definition) is 2. The molecule has 0 aromatic rings. The van der Waals surface area contributed by atoms with Crippen molar-refractivity contribution >= 4 is 0 Å². The van der Waals surface area contributed by atoms with Crippen molar-refractivity contribution in [3.8, 4) is 0 Å².